The Balaban J connectivity index is 0.00000400. The standard InChI is InChI=1S/C44H32N8.Co/c45-29-13-5-1-9-25(29)41-33-17-19-35(49-33)42(26-10-2-6-14-30(26)46)37-21-23-39(51-37)44(28-12-4-8-16-32(28)48)40-24-22-38(52-40)43(36-20-18-34(41)50-36)27-11-3-7-15-31(27)47;/h1-24H,45-48H2;/q-2;+2. The summed E-state index contributed by atoms with van der Waals surface area (Å²) < 4.78 is 0. The SMILES string of the molecule is Nc1ccccc1-c1c2nc(c(-c3ccccc3N)c3ccc([n-]3)c(-c3ccccc3N)c3ccc([n-]3)c(-c3ccccc3N)c3nc1C=C3)C=C2.[Co+2]. The van der Waals surface area contributed by atoms with Crippen molar-refractivity contribution in [1.29, 1.82) is 0 Å². The van der Waals surface area contributed by atoms with Crippen LogP contribution in [0.4, 0.5) is 22.7 Å². The van der Waals surface area contributed by atoms with E-state index in [4.69, 9.17) is 42.9 Å². The Kier molecular flexibility index (Phi) is 8.42. The predicted molar refractivity (Wildman–Crippen MR) is 216 cm³/mol. The van der Waals surface area contributed by atoms with Gasteiger partial charge in [0.25, 0.3) is 0 Å². The molecule has 2 aliphatic rings. The van der Waals surface area contributed by atoms with Crippen LogP contribution in [0.25, 0.3) is 90.9 Å². The van der Waals surface area contributed by atoms with Crippen LogP contribution >= 0.6 is 0 Å². The summed E-state index contributed by atoms with van der Waals surface area (Å²) in [6.07, 6.45) is 8.00. The largest absolute Gasteiger partial charge is 2.00 e. The van der Waals surface area contributed by atoms with Gasteiger partial charge in [-0.05, 0) is 65.3 Å². The third-order valence-corrected chi connectivity index (χ3v) is 9.53. The minimum Gasteiger partial charge on any atom is -0.657 e. The summed E-state index contributed by atoms with van der Waals surface area (Å²) in [7, 11) is 0. The number of fused-ring (bicyclic) bond motifs is 8. The number of nitrogens with two attached hydrogens (primary N) is 4. The van der Waals surface area contributed by atoms with Gasteiger partial charge < -0.3 is 32.9 Å². The molecule has 0 saturated carbocycles. The van der Waals surface area contributed by atoms with Crippen molar-refractivity contribution in [2.24, 2.45) is 0 Å². The average Bonchev–Trinajstić information content (AvgIpc) is 3.99. The van der Waals surface area contributed by atoms with E-state index in [0.717, 1.165) is 44.5 Å². The molecule has 0 spiro atoms. The van der Waals surface area contributed by atoms with Gasteiger partial charge in [-0.3, -0.25) is 0 Å². The first kappa shape index (κ1) is 33.3. The normalized spacial score (nSPS) is 11.8. The van der Waals surface area contributed by atoms with Crippen LogP contribution in [-0.2, 0) is 16.8 Å². The number of hydrogen-bond donors (Lipinski definition) is 4. The summed E-state index contributed by atoms with van der Waals surface area (Å²) in [5.74, 6) is 0. The molecule has 0 atom stereocenters. The second-order valence-electron chi connectivity index (χ2n) is 12.7. The Labute approximate surface area is 316 Å². The Morgan fingerprint density at radius 1 is 0.321 bits per heavy atom. The van der Waals surface area contributed by atoms with Crippen molar-refractivity contribution < 1.29 is 16.8 Å². The van der Waals surface area contributed by atoms with Crippen LogP contribution in [0.2, 0.25) is 0 Å². The van der Waals surface area contributed by atoms with E-state index in [1.54, 1.807) is 0 Å². The number of anilines is 4. The first-order valence-electron chi connectivity index (χ1n) is 16.9. The molecule has 8 nitrogen and oxygen atoms in total. The smallest absolute Gasteiger partial charge is 0.657 e. The third kappa shape index (κ3) is 5.74. The van der Waals surface area contributed by atoms with Gasteiger partial charge in [0, 0.05) is 50.6 Å². The van der Waals surface area contributed by atoms with Crippen molar-refractivity contribution in [3.63, 3.8) is 0 Å². The van der Waals surface area contributed by atoms with Crippen LogP contribution < -0.4 is 32.9 Å². The number of nitrogen functional groups attached to an aromatic ring is 4. The van der Waals surface area contributed by atoms with E-state index < -0.39 is 0 Å². The quantitative estimate of drug-likeness (QED) is 0.131. The summed E-state index contributed by atoms with van der Waals surface area (Å²) >= 11 is 0. The van der Waals surface area contributed by atoms with Gasteiger partial charge in [0.15, 0.2) is 0 Å². The molecule has 0 aliphatic carbocycles. The second-order valence-corrected chi connectivity index (χ2v) is 12.7. The molecule has 3 aromatic heterocycles. The minimum atomic E-state index is 0. The summed E-state index contributed by atoms with van der Waals surface area (Å²) in [5, 5.41) is 0. The number of aromatic nitrogens is 4. The van der Waals surface area contributed by atoms with Crippen LogP contribution in [0.5, 0.6) is 0 Å². The van der Waals surface area contributed by atoms with E-state index in [-0.39, 0.29) is 16.8 Å². The number of hydrogen-bond acceptors (Lipinski definition) is 6. The Bertz CT molecular complexity index is 2660. The van der Waals surface area contributed by atoms with Gasteiger partial charge in [-0.15, -0.1) is 22.1 Å². The first-order chi connectivity index (χ1) is 25.4. The molecule has 7 aromatic rings. The first-order valence-corrected chi connectivity index (χ1v) is 16.9. The molecule has 0 amide bonds. The molecule has 2 aliphatic heterocycles. The Morgan fingerprint density at radius 2 is 0.585 bits per heavy atom. The molecule has 9 heteroatoms. The fraction of sp³-hybridized carbons (Fsp3) is 0. The minimum absolute atomic E-state index is 0. The van der Waals surface area contributed by atoms with Crippen LogP contribution in [0, 0.1) is 0 Å². The number of benzene rings is 4. The van der Waals surface area contributed by atoms with Gasteiger partial charge in [0.1, 0.15) is 0 Å². The van der Waals surface area contributed by atoms with Crippen molar-refractivity contribution in [2.45, 2.75) is 0 Å². The monoisotopic (exact) mass is 731 g/mol. The van der Waals surface area contributed by atoms with Gasteiger partial charge in [-0.2, -0.15) is 0 Å². The average molecular weight is 732 g/mol. The predicted octanol–water partition coefficient (Wildman–Crippen LogP) is 8.91. The van der Waals surface area contributed by atoms with Crippen LogP contribution in [0.1, 0.15) is 22.8 Å². The zero-order valence-electron chi connectivity index (χ0n) is 28.3. The molecule has 8 N–H and O–H groups in total. The molecule has 0 unspecified atom stereocenters. The van der Waals surface area contributed by atoms with E-state index in [2.05, 4.69) is 0 Å². The van der Waals surface area contributed by atoms with Crippen molar-refractivity contribution in [3.8, 4) is 44.5 Å². The molecule has 257 valence electrons. The maximum Gasteiger partial charge on any atom is 2.00 e. The number of rotatable bonds is 4. The van der Waals surface area contributed by atoms with E-state index in [1.807, 2.05) is 146 Å². The second kappa shape index (κ2) is 13.4. The van der Waals surface area contributed by atoms with E-state index in [1.165, 1.54) is 0 Å². The summed E-state index contributed by atoms with van der Waals surface area (Å²) in [6, 6.07) is 39.1. The maximum atomic E-state index is 6.65. The van der Waals surface area contributed by atoms with Crippen molar-refractivity contribution in [3.05, 3.63) is 144 Å². The molecule has 8 bridgehead atoms. The topological polar surface area (TPSA) is 158 Å². The molecule has 0 saturated heterocycles. The van der Waals surface area contributed by atoms with Crippen molar-refractivity contribution in [1.82, 2.24) is 19.9 Å². The molecule has 5 heterocycles. The zero-order chi connectivity index (χ0) is 35.3. The molecule has 4 aromatic carbocycles. The summed E-state index contributed by atoms with van der Waals surface area (Å²) in [4.78, 5) is 21.1. The summed E-state index contributed by atoms with van der Waals surface area (Å²) in [5.41, 5.74) is 41.2. The van der Waals surface area contributed by atoms with Gasteiger partial charge in [-0.1, -0.05) is 97.1 Å². The maximum absolute atomic E-state index is 6.65. The number of nitrogens with zero attached hydrogens (tertiary/aromatic N) is 4. The molecule has 0 fully saturated rings. The third-order valence-electron chi connectivity index (χ3n) is 9.53. The molecule has 53 heavy (non-hydrogen) atoms. The van der Waals surface area contributed by atoms with E-state index >= 15 is 0 Å². The number of para-hydroxylation sites is 4. The van der Waals surface area contributed by atoms with Gasteiger partial charge in [0.05, 0.1) is 22.8 Å². The molecule has 1 radical (unpaired) electrons. The fourth-order valence-electron chi connectivity index (χ4n) is 7.09. The fourth-order valence-corrected chi connectivity index (χ4v) is 7.09. The van der Waals surface area contributed by atoms with Gasteiger partial charge in [-0.25, -0.2) is 9.97 Å². The Morgan fingerprint density at radius 3 is 0.925 bits per heavy atom. The molecular formula is C44H32CoN8. The van der Waals surface area contributed by atoms with Gasteiger partial charge >= 0.3 is 16.8 Å². The van der Waals surface area contributed by atoms with Crippen molar-refractivity contribution >= 4 is 69.1 Å². The van der Waals surface area contributed by atoms with Crippen molar-refractivity contribution in [2.75, 3.05) is 22.9 Å². The molecular weight excluding hydrogens is 699 g/mol. The van der Waals surface area contributed by atoms with Gasteiger partial charge in [0.2, 0.25) is 0 Å². The van der Waals surface area contributed by atoms with Crippen LogP contribution in [0.15, 0.2) is 121 Å². The van der Waals surface area contributed by atoms with Crippen LogP contribution in [0.3, 0.4) is 0 Å². The summed E-state index contributed by atoms with van der Waals surface area (Å²) in [6.45, 7) is 0. The Hall–Kier alpha value is -6.81. The van der Waals surface area contributed by atoms with E-state index in [0.29, 0.717) is 67.6 Å². The van der Waals surface area contributed by atoms with E-state index in [9.17, 15) is 0 Å². The van der Waals surface area contributed by atoms with Crippen LogP contribution in [-0.4, -0.2) is 9.97 Å². The molecule has 9 rings (SSSR count). The zero-order valence-corrected chi connectivity index (χ0v) is 29.3.